The summed E-state index contributed by atoms with van der Waals surface area (Å²) in [5, 5.41) is 11.0. The molecule has 0 fully saturated rings. The second-order valence-corrected chi connectivity index (χ2v) is 4.51. The largest absolute Gasteiger partial charge is 0.481 e. The van der Waals surface area contributed by atoms with Crippen LogP contribution in [0.2, 0.25) is 0 Å². The van der Waals surface area contributed by atoms with Gasteiger partial charge in [0, 0.05) is 0 Å². The Morgan fingerprint density at radius 2 is 1.85 bits per heavy atom. The van der Waals surface area contributed by atoms with Crippen molar-refractivity contribution in [3.8, 4) is 0 Å². The zero-order chi connectivity index (χ0) is 14.5. The van der Waals surface area contributed by atoms with Crippen LogP contribution in [0.25, 0.3) is 10.8 Å². The molecule has 0 aliphatic carbocycles. The number of esters is 1. The Bertz CT molecular complexity index is 633. The van der Waals surface area contributed by atoms with Gasteiger partial charge in [-0.2, -0.15) is 0 Å². The maximum absolute atomic E-state index is 11.9. The van der Waals surface area contributed by atoms with E-state index in [1.165, 1.54) is 0 Å². The molecule has 4 nitrogen and oxygen atoms in total. The highest BCUT2D eigenvalue weighted by Crippen LogP contribution is 2.25. The summed E-state index contributed by atoms with van der Waals surface area (Å²) in [5.74, 6) is -2.28. The van der Waals surface area contributed by atoms with E-state index < -0.39 is 17.9 Å². The Morgan fingerprint density at radius 1 is 1.15 bits per heavy atom. The molecule has 2 aromatic rings. The van der Waals surface area contributed by atoms with Crippen molar-refractivity contribution in [2.24, 2.45) is 0 Å². The van der Waals surface area contributed by atoms with Gasteiger partial charge in [-0.25, -0.2) is 0 Å². The molecule has 0 aromatic heterocycles. The second-order valence-electron chi connectivity index (χ2n) is 4.51. The molecule has 104 valence electrons. The number of carboxylic acids is 1. The molecule has 1 N–H and O–H groups in total. The predicted octanol–water partition coefficient (Wildman–Crippen LogP) is 2.96. The summed E-state index contributed by atoms with van der Waals surface area (Å²) in [7, 11) is 0. The Balaban J connectivity index is 2.39. The maximum Gasteiger partial charge on any atom is 0.313 e. The highest BCUT2D eigenvalue weighted by Gasteiger charge is 2.25. The molecule has 4 heteroatoms. The third kappa shape index (κ3) is 3.15. The molecular weight excluding hydrogens is 256 g/mol. The van der Waals surface area contributed by atoms with Crippen LogP contribution >= 0.6 is 0 Å². The third-order valence-electron chi connectivity index (χ3n) is 3.13. The molecule has 0 heterocycles. The molecule has 20 heavy (non-hydrogen) atoms. The third-order valence-corrected chi connectivity index (χ3v) is 3.13. The highest BCUT2D eigenvalue weighted by atomic mass is 16.5. The minimum absolute atomic E-state index is 0.239. The van der Waals surface area contributed by atoms with Crippen LogP contribution in [0, 0.1) is 0 Å². The van der Waals surface area contributed by atoms with E-state index in [4.69, 9.17) is 9.84 Å². The van der Waals surface area contributed by atoms with Crippen LogP contribution in [-0.2, 0) is 14.3 Å². The van der Waals surface area contributed by atoms with Gasteiger partial charge in [0.15, 0.2) is 0 Å². The van der Waals surface area contributed by atoms with Gasteiger partial charge in [-0.3, -0.25) is 9.59 Å². The highest BCUT2D eigenvalue weighted by molar-refractivity contribution is 5.88. The number of benzene rings is 2. The van der Waals surface area contributed by atoms with Gasteiger partial charge in [0.05, 0.1) is 18.9 Å². The first-order valence-electron chi connectivity index (χ1n) is 6.49. The van der Waals surface area contributed by atoms with E-state index in [0.717, 1.165) is 10.8 Å². The number of rotatable bonds is 5. The van der Waals surface area contributed by atoms with Crippen molar-refractivity contribution in [1.82, 2.24) is 0 Å². The standard InChI is InChI=1S/C16H16O4/c1-2-20-16(19)14(10-15(17)18)13-8-7-11-5-3-4-6-12(11)9-13/h3-9,14H,2,10H2,1H3,(H,17,18). The Morgan fingerprint density at radius 3 is 2.50 bits per heavy atom. The van der Waals surface area contributed by atoms with Gasteiger partial charge in [0.25, 0.3) is 0 Å². The van der Waals surface area contributed by atoms with Gasteiger partial charge in [0.1, 0.15) is 0 Å². The summed E-state index contributed by atoms with van der Waals surface area (Å²) >= 11 is 0. The van der Waals surface area contributed by atoms with E-state index in [1.54, 1.807) is 13.0 Å². The van der Waals surface area contributed by atoms with Crippen molar-refractivity contribution in [2.45, 2.75) is 19.3 Å². The van der Waals surface area contributed by atoms with Crippen LogP contribution in [0.4, 0.5) is 0 Å². The number of fused-ring (bicyclic) bond motifs is 1. The summed E-state index contributed by atoms with van der Waals surface area (Å²) in [6.45, 7) is 1.94. The molecule has 0 saturated carbocycles. The summed E-state index contributed by atoms with van der Waals surface area (Å²) in [6, 6.07) is 13.3. The van der Waals surface area contributed by atoms with Crippen molar-refractivity contribution < 1.29 is 19.4 Å². The monoisotopic (exact) mass is 272 g/mol. The SMILES string of the molecule is CCOC(=O)C(CC(=O)O)c1ccc2ccccc2c1. The van der Waals surface area contributed by atoms with Gasteiger partial charge in [-0.05, 0) is 23.3 Å². The summed E-state index contributed by atoms with van der Waals surface area (Å²) in [4.78, 5) is 22.9. The Kier molecular flexibility index (Phi) is 4.35. The van der Waals surface area contributed by atoms with Crippen LogP contribution in [0.5, 0.6) is 0 Å². The van der Waals surface area contributed by atoms with Gasteiger partial charge >= 0.3 is 11.9 Å². The molecule has 0 aliphatic rings. The molecule has 0 bridgehead atoms. The number of hydrogen-bond acceptors (Lipinski definition) is 3. The fourth-order valence-corrected chi connectivity index (χ4v) is 2.18. The summed E-state index contributed by atoms with van der Waals surface area (Å²) in [6.07, 6.45) is -0.267. The minimum Gasteiger partial charge on any atom is -0.481 e. The number of aliphatic carboxylic acids is 1. The first-order valence-corrected chi connectivity index (χ1v) is 6.49. The number of carbonyl (C=O) groups excluding carboxylic acids is 1. The number of carboxylic acid groups (broad SMARTS) is 1. The van der Waals surface area contributed by atoms with Crippen LogP contribution in [0.15, 0.2) is 42.5 Å². The molecule has 1 unspecified atom stereocenters. The van der Waals surface area contributed by atoms with Crippen LogP contribution in [0.3, 0.4) is 0 Å². The van der Waals surface area contributed by atoms with E-state index in [0.29, 0.717) is 5.56 Å². The molecule has 2 aromatic carbocycles. The fraction of sp³-hybridized carbons (Fsp3) is 0.250. The zero-order valence-electron chi connectivity index (χ0n) is 11.2. The quantitative estimate of drug-likeness (QED) is 0.850. The number of hydrogen-bond donors (Lipinski definition) is 1. The molecule has 0 saturated heterocycles. The smallest absolute Gasteiger partial charge is 0.313 e. The number of ether oxygens (including phenoxy) is 1. The van der Waals surface area contributed by atoms with Crippen molar-refractivity contribution in [2.75, 3.05) is 6.61 Å². The normalized spacial score (nSPS) is 12.1. The lowest BCUT2D eigenvalue weighted by Crippen LogP contribution is -2.19. The van der Waals surface area contributed by atoms with Crippen molar-refractivity contribution in [3.05, 3.63) is 48.0 Å². The molecule has 1 atom stereocenters. The zero-order valence-corrected chi connectivity index (χ0v) is 11.2. The van der Waals surface area contributed by atoms with E-state index >= 15 is 0 Å². The average Bonchev–Trinajstić information content (AvgIpc) is 2.44. The minimum atomic E-state index is -1.02. The molecule has 0 aliphatic heterocycles. The van der Waals surface area contributed by atoms with Crippen molar-refractivity contribution in [1.29, 1.82) is 0 Å². The van der Waals surface area contributed by atoms with E-state index in [9.17, 15) is 9.59 Å². The van der Waals surface area contributed by atoms with E-state index in [1.807, 2.05) is 36.4 Å². The lowest BCUT2D eigenvalue weighted by Gasteiger charge is -2.14. The maximum atomic E-state index is 11.9. The van der Waals surface area contributed by atoms with Gasteiger partial charge in [-0.15, -0.1) is 0 Å². The Hall–Kier alpha value is -2.36. The number of carbonyl (C=O) groups is 2. The van der Waals surface area contributed by atoms with Crippen LogP contribution < -0.4 is 0 Å². The van der Waals surface area contributed by atoms with Crippen molar-refractivity contribution in [3.63, 3.8) is 0 Å². The molecule has 0 amide bonds. The molecule has 0 radical (unpaired) electrons. The van der Waals surface area contributed by atoms with Crippen LogP contribution in [0.1, 0.15) is 24.8 Å². The van der Waals surface area contributed by atoms with E-state index in [-0.39, 0.29) is 13.0 Å². The average molecular weight is 272 g/mol. The van der Waals surface area contributed by atoms with Crippen LogP contribution in [-0.4, -0.2) is 23.7 Å². The first kappa shape index (κ1) is 14.1. The van der Waals surface area contributed by atoms with Gasteiger partial charge in [0.2, 0.25) is 0 Å². The first-order chi connectivity index (χ1) is 9.61. The second kappa shape index (κ2) is 6.19. The summed E-state index contributed by atoms with van der Waals surface area (Å²) in [5.41, 5.74) is 0.671. The van der Waals surface area contributed by atoms with Gasteiger partial charge in [-0.1, -0.05) is 42.5 Å². The summed E-state index contributed by atoms with van der Waals surface area (Å²) < 4.78 is 4.97. The molecule has 0 spiro atoms. The fourth-order valence-electron chi connectivity index (χ4n) is 2.18. The van der Waals surface area contributed by atoms with E-state index in [2.05, 4.69) is 0 Å². The predicted molar refractivity (Wildman–Crippen MR) is 75.6 cm³/mol. The Labute approximate surface area is 117 Å². The lowest BCUT2D eigenvalue weighted by atomic mass is 9.93. The van der Waals surface area contributed by atoms with Gasteiger partial charge < -0.3 is 9.84 Å². The molecular formula is C16H16O4. The molecule has 2 rings (SSSR count). The van der Waals surface area contributed by atoms with Crippen molar-refractivity contribution >= 4 is 22.7 Å². The lowest BCUT2D eigenvalue weighted by molar-refractivity contribution is -0.149. The topological polar surface area (TPSA) is 63.6 Å².